The number of carboxylic acids is 1. The van der Waals surface area contributed by atoms with Gasteiger partial charge in [0, 0.05) is 0 Å². The zero-order chi connectivity index (χ0) is 11.8. The summed E-state index contributed by atoms with van der Waals surface area (Å²) >= 11 is 0. The second-order valence-corrected chi connectivity index (χ2v) is 3.85. The van der Waals surface area contributed by atoms with Crippen LogP contribution in [0.4, 0.5) is 0 Å². The SMILES string of the molecule is CC(C(=O)O)C1(N)COc2ccccc2O1. The molecule has 1 heterocycles. The molecule has 5 nitrogen and oxygen atoms in total. The van der Waals surface area contributed by atoms with Gasteiger partial charge in [-0.05, 0) is 19.1 Å². The number of fused-ring (bicyclic) bond motifs is 1. The smallest absolute Gasteiger partial charge is 0.311 e. The average Bonchev–Trinajstić information content (AvgIpc) is 2.27. The number of aliphatic carboxylic acids is 1. The predicted octanol–water partition coefficient (Wildman–Crippen LogP) is 0.833. The molecule has 0 amide bonds. The summed E-state index contributed by atoms with van der Waals surface area (Å²) in [6.45, 7) is 1.52. The van der Waals surface area contributed by atoms with Gasteiger partial charge in [-0.1, -0.05) is 12.1 Å². The van der Waals surface area contributed by atoms with E-state index in [-0.39, 0.29) is 6.61 Å². The van der Waals surface area contributed by atoms with E-state index in [1.54, 1.807) is 18.2 Å². The van der Waals surface area contributed by atoms with Gasteiger partial charge in [0.2, 0.25) is 5.72 Å². The van der Waals surface area contributed by atoms with Crippen molar-refractivity contribution in [3.05, 3.63) is 24.3 Å². The highest BCUT2D eigenvalue weighted by molar-refractivity contribution is 5.71. The van der Waals surface area contributed by atoms with E-state index in [1.165, 1.54) is 6.92 Å². The van der Waals surface area contributed by atoms with E-state index in [2.05, 4.69) is 0 Å². The molecule has 3 N–H and O–H groups in total. The minimum absolute atomic E-state index is 0.0253. The summed E-state index contributed by atoms with van der Waals surface area (Å²) in [5.74, 6) is -0.795. The molecular formula is C11H13NO4. The van der Waals surface area contributed by atoms with Crippen LogP contribution in [0.2, 0.25) is 0 Å². The van der Waals surface area contributed by atoms with Gasteiger partial charge in [0.15, 0.2) is 11.5 Å². The number of carboxylic acid groups (broad SMARTS) is 1. The van der Waals surface area contributed by atoms with Crippen LogP contribution in [0, 0.1) is 5.92 Å². The summed E-state index contributed by atoms with van der Waals surface area (Å²) in [5.41, 5.74) is 4.57. The van der Waals surface area contributed by atoms with Crippen LogP contribution in [0.5, 0.6) is 11.5 Å². The third-order valence-electron chi connectivity index (χ3n) is 2.71. The van der Waals surface area contributed by atoms with Crippen molar-refractivity contribution >= 4 is 5.97 Å². The molecule has 5 heteroatoms. The van der Waals surface area contributed by atoms with Crippen LogP contribution in [0.25, 0.3) is 0 Å². The minimum atomic E-state index is -1.32. The molecule has 0 fully saturated rings. The summed E-state index contributed by atoms with van der Waals surface area (Å²) in [6.07, 6.45) is 0. The van der Waals surface area contributed by atoms with Crippen molar-refractivity contribution in [2.75, 3.05) is 6.61 Å². The van der Waals surface area contributed by atoms with Crippen molar-refractivity contribution in [3.8, 4) is 11.5 Å². The zero-order valence-electron chi connectivity index (χ0n) is 8.84. The first-order valence-electron chi connectivity index (χ1n) is 4.95. The number of hydrogen-bond donors (Lipinski definition) is 2. The predicted molar refractivity (Wildman–Crippen MR) is 56.3 cm³/mol. The molecule has 0 saturated carbocycles. The highest BCUT2D eigenvalue weighted by Crippen LogP contribution is 2.35. The van der Waals surface area contributed by atoms with Crippen LogP contribution in [0.1, 0.15) is 6.92 Å². The van der Waals surface area contributed by atoms with E-state index in [0.29, 0.717) is 11.5 Å². The van der Waals surface area contributed by atoms with Crippen molar-refractivity contribution in [3.63, 3.8) is 0 Å². The van der Waals surface area contributed by atoms with Crippen LogP contribution in [-0.2, 0) is 4.79 Å². The molecule has 0 saturated heterocycles. The molecule has 0 bridgehead atoms. The van der Waals surface area contributed by atoms with E-state index in [4.69, 9.17) is 20.3 Å². The van der Waals surface area contributed by atoms with Gasteiger partial charge in [-0.25, -0.2) is 0 Å². The molecule has 1 aromatic rings. The maximum absolute atomic E-state index is 10.9. The first-order valence-corrected chi connectivity index (χ1v) is 4.95. The largest absolute Gasteiger partial charge is 0.484 e. The summed E-state index contributed by atoms with van der Waals surface area (Å²) < 4.78 is 10.9. The third kappa shape index (κ3) is 1.69. The molecule has 0 aromatic heterocycles. The second-order valence-electron chi connectivity index (χ2n) is 3.85. The van der Waals surface area contributed by atoms with Gasteiger partial charge in [0.05, 0.1) is 0 Å². The molecule has 1 aliphatic rings. The van der Waals surface area contributed by atoms with Crippen LogP contribution < -0.4 is 15.2 Å². The normalized spacial score (nSPS) is 24.9. The fourth-order valence-electron chi connectivity index (χ4n) is 1.50. The lowest BCUT2D eigenvalue weighted by Gasteiger charge is -2.37. The Labute approximate surface area is 92.8 Å². The number of nitrogens with two attached hydrogens (primary N) is 1. The Morgan fingerprint density at radius 3 is 2.75 bits per heavy atom. The molecule has 2 atom stereocenters. The Kier molecular flexibility index (Phi) is 2.47. The Morgan fingerprint density at radius 2 is 2.12 bits per heavy atom. The number of rotatable bonds is 2. The van der Waals surface area contributed by atoms with Gasteiger partial charge in [-0.15, -0.1) is 0 Å². The second kappa shape index (κ2) is 3.68. The summed E-state index contributed by atoms with van der Waals surface area (Å²) in [4.78, 5) is 10.9. The molecular weight excluding hydrogens is 210 g/mol. The number of hydrogen-bond acceptors (Lipinski definition) is 4. The van der Waals surface area contributed by atoms with Gasteiger partial charge in [0.25, 0.3) is 0 Å². The number of ether oxygens (including phenoxy) is 2. The molecule has 0 aliphatic carbocycles. The molecule has 2 rings (SSSR count). The first-order chi connectivity index (χ1) is 7.53. The van der Waals surface area contributed by atoms with Gasteiger partial charge in [0.1, 0.15) is 12.5 Å². The van der Waals surface area contributed by atoms with Gasteiger partial charge < -0.3 is 14.6 Å². The van der Waals surface area contributed by atoms with Crippen molar-refractivity contribution < 1.29 is 19.4 Å². The Hall–Kier alpha value is -1.75. The van der Waals surface area contributed by atoms with Crippen LogP contribution in [0.15, 0.2) is 24.3 Å². The maximum atomic E-state index is 10.9. The molecule has 1 aliphatic heterocycles. The Bertz CT molecular complexity index is 420. The van der Waals surface area contributed by atoms with E-state index in [0.717, 1.165) is 0 Å². The number of carbonyl (C=O) groups is 1. The fraction of sp³-hybridized carbons (Fsp3) is 0.364. The average molecular weight is 223 g/mol. The third-order valence-corrected chi connectivity index (χ3v) is 2.71. The fourth-order valence-corrected chi connectivity index (χ4v) is 1.50. The zero-order valence-corrected chi connectivity index (χ0v) is 8.84. The highest BCUT2D eigenvalue weighted by atomic mass is 16.6. The van der Waals surface area contributed by atoms with E-state index < -0.39 is 17.6 Å². The van der Waals surface area contributed by atoms with Crippen LogP contribution in [0.3, 0.4) is 0 Å². The van der Waals surface area contributed by atoms with Crippen molar-refractivity contribution in [1.82, 2.24) is 0 Å². The standard InChI is InChI=1S/C11H13NO4/c1-7(10(13)14)11(12)6-15-8-4-2-3-5-9(8)16-11/h2-5,7H,6,12H2,1H3,(H,13,14). The van der Waals surface area contributed by atoms with E-state index in [1.807, 2.05) is 6.07 Å². The van der Waals surface area contributed by atoms with Crippen molar-refractivity contribution in [2.24, 2.45) is 11.7 Å². The topological polar surface area (TPSA) is 81.8 Å². The Balaban J connectivity index is 2.27. The summed E-state index contributed by atoms with van der Waals surface area (Å²) in [6, 6.07) is 7.04. The molecule has 1 aromatic carbocycles. The lowest BCUT2D eigenvalue weighted by molar-refractivity contribution is -0.152. The van der Waals surface area contributed by atoms with Gasteiger partial charge >= 0.3 is 5.97 Å². The highest BCUT2D eigenvalue weighted by Gasteiger charge is 2.43. The van der Waals surface area contributed by atoms with Crippen LogP contribution in [-0.4, -0.2) is 23.4 Å². The molecule has 86 valence electrons. The monoisotopic (exact) mass is 223 g/mol. The quantitative estimate of drug-likeness (QED) is 0.776. The molecule has 0 radical (unpaired) electrons. The molecule has 2 unspecified atom stereocenters. The molecule has 16 heavy (non-hydrogen) atoms. The van der Waals surface area contributed by atoms with E-state index in [9.17, 15) is 4.79 Å². The Morgan fingerprint density at radius 1 is 1.50 bits per heavy atom. The maximum Gasteiger partial charge on any atom is 0.311 e. The number of benzene rings is 1. The summed E-state index contributed by atoms with van der Waals surface area (Å²) in [7, 11) is 0. The number of para-hydroxylation sites is 2. The van der Waals surface area contributed by atoms with Crippen molar-refractivity contribution in [2.45, 2.75) is 12.6 Å². The van der Waals surface area contributed by atoms with Crippen LogP contribution >= 0.6 is 0 Å². The molecule has 0 spiro atoms. The lowest BCUT2D eigenvalue weighted by Crippen LogP contribution is -2.59. The van der Waals surface area contributed by atoms with E-state index >= 15 is 0 Å². The van der Waals surface area contributed by atoms with Crippen molar-refractivity contribution in [1.29, 1.82) is 0 Å². The van der Waals surface area contributed by atoms with Gasteiger partial charge in [-0.2, -0.15) is 0 Å². The lowest BCUT2D eigenvalue weighted by atomic mass is 9.98. The van der Waals surface area contributed by atoms with Gasteiger partial charge in [-0.3, -0.25) is 10.5 Å². The minimum Gasteiger partial charge on any atom is -0.484 e. The summed E-state index contributed by atoms with van der Waals surface area (Å²) in [5, 5.41) is 8.93. The first kappa shape index (κ1) is 10.8.